The highest BCUT2D eigenvalue weighted by Gasteiger charge is 2.46. The summed E-state index contributed by atoms with van der Waals surface area (Å²) in [5, 5.41) is 20.2. The minimum absolute atomic E-state index is 0.0601. The van der Waals surface area contributed by atoms with Gasteiger partial charge in [-0.15, -0.1) is 0 Å². The Labute approximate surface area is 285 Å². The van der Waals surface area contributed by atoms with E-state index in [1.165, 1.54) is 9.48 Å². The Kier molecular flexibility index (Phi) is 10.3. The monoisotopic (exact) mass is 722 g/mol. The average Bonchev–Trinajstić information content (AvgIpc) is 3.84. The summed E-state index contributed by atoms with van der Waals surface area (Å²) >= 11 is 9.79. The first-order chi connectivity index (χ1) is 22.8. The summed E-state index contributed by atoms with van der Waals surface area (Å²) in [5.41, 5.74) is 3.39. The largest absolute Gasteiger partial charge is 0.491 e. The maximum absolute atomic E-state index is 12.7. The van der Waals surface area contributed by atoms with Gasteiger partial charge in [0.2, 0.25) is 5.79 Å². The fraction of sp³-hybridized carbons (Fsp3) is 0.333. The summed E-state index contributed by atoms with van der Waals surface area (Å²) in [6, 6.07) is 21.1. The smallest absolute Gasteiger partial charge is 0.350 e. The lowest BCUT2D eigenvalue weighted by Gasteiger charge is -2.29. The molecule has 12 nitrogen and oxygen atoms in total. The van der Waals surface area contributed by atoms with E-state index in [1.54, 1.807) is 29.4 Å². The number of halogens is 2. The van der Waals surface area contributed by atoms with Gasteiger partial charge in [-0.05, 0) is 74.0 Å². The van der Waals surface area contributed by atoms with Gasteiger partial charge in [0.1, 0.15) is 31.3 Å². The van der Waals surface area contributed by atoms with Gasteiger partial charge in [-0.25, -0.2) is 14.0 Å². The number of nitrogens with zero attached hydrogens (tertiary/aromatic N) is 6. The van der Waals surface area contributed by atoms with Gasteiger partial charge in [-0.3, -0.25) is 0 Å². The van der Waals surface area contributed by atoms with Crippen molar-refractivity contribution >= 4 is 38.9 Å². The van der Waals surface area contributed by atoms with Crippen LogP contribution in [0.15, 0.2) is 94.7 Å². The second kappa shape index (κ2) is 14.7. The third-order valence-electron chi connectivity index (χ3n) is 7.94. The predicted molar refractivity (Wildman–Crippen MR) is 183 cm³/mol. The van der Waals surface area contributed by atoms with Gasteiger partial charge < -0.3 is 24.8 Å². The molecule has 1 saturated heterocycles. The fourth-order valence-corrected chi connectivity index (χ4v) is 6.23. The van der Waals surface area contributed by atoms with E-state index in [9.17, 15) is 4.79 Å². The third kappa shape index (κ3) is 7.70. The van der Waals surface area contributed by atoms with Crippen LogP contribution in [0, 0.1) is 0 Å². The number of nitrogens with one attached hydrogen (secondary N) is 2. The molecule has 1 aliphatic rings. The molecular weight excluding hydrogens is 688 g/mol. The first-order valence-corrected chi connectivity index (χ1v) is 16.6. The second-order valence-corrected chi connectivity index (χ2v) is 12.5. The first kappa shape index (κ1) is 32.8. The minimum atomic E-state index is -1.10. The maximum atomic E-state index is 12.7. The molecule has 0 radical (unpaired) electrons. The van der Waals surface area contributed by atoms with Crippen LogP contribution in [0.3, 0.4) is 0 Å². The van der Waals surface area contributed by atoms with Crippen LogP contribution in [0.2, 0.25) is 5.02 Å². The Morgan fingerprint density at radius 2 is 1.70 bits per heavy atom. The fourth-order valence-electron chi connectivity index (χ4n) is 5.25. The zero-order valence-electron chi connectivity index (χ0n) is 26.1. The molecule has 14 heteroatoms. The SMILES string of the molecule is CCC(C)n1ncn(-c2ccc(NCCNc3ccc(OC[C@@H]4CO[C@@](Cn5nccn5)(c5ccc(Cl)cc5Br)O4)cc3)cc2)c1=O. The van der Waals surface area contributed by atoms with Crippen LogP contribution in [-0.4, -0.2) is 61.7 Å². The molecule has 1 aliphatic heterocycles. The van der Waals surface area contributed by atoms with Crippen LogP contribution in [0.25, 0.3) is 5.69 Å². The number of aromatic nitrogens is 6. The van der Waals surface area contributed by atoms with Crippen molar-refractivity contribution in [3.63, 3.8) is 0 Å². The normalized spacial score (nSPS) is 18.3. The molecule has 0 aliphatic carbocycles. The Hall–Kier alpha value is -4.17. The Balaban J connectivity index is 0.967. The highest BCUT2D eigenvalue weighted by Crippen LogP contribution is 2.40. The van der Waals surface area contributed by atoms with Crippen molar-refractivity contribution in [2.75, 3.05) is 36.9 Å². The molecule has 2 aromatic heterocycles. The molecule has 0 bridgehead atoms. The standard InChI is InChI=1S/C33H36BrClN8O4/c1-3-23(2)43-32(44)41(22-40-43)27-9-5-25(6-10-27)36-14-15-37-26-7-11-28(12-8-26)45-19-29-20-46-33(47-29,21-42-38-16-17-39-42)30-13-4-24(35)18-31(30)34/h4-13,16-18,22-23,29,36-37H,3,14-15,19-21H2,1-2H3/t23?,29-,33-/m1/s1. The molecule has 5 aromatic rings. The van der Waals surface area contributed by atoms with Gasteiger partial charge in [-0.2, -0.15) is 20.1 Å². The van der Waals surface area contributed by atoms with E-state index in [2.05, 4.69) is 41.9 Å². The van der Waals surface area contributed by atoms with Crippen molar-refractivity contribution < 1.29 is 14.2 Å². The summed E-state index contributed by atoms with van der Waals surface area (Å²) in [7, 11) is 0. The zero-order chi connectivity index (χ0) is 32.8. The van der Waals surface area contributed by atoms with Crippen molar-refractivity contribution in [1.29, 1.82) is 0 Å². The Morgan fingerprint density at radius 3 is 2.36 bits per heavy atom. The Morgan fingerprint density at radius 1 is 1.02 bits per heavy atom. The molecule has 0 amide bonds. The van der Waals surface area contributed by atoms with Crippen LogP contribution in [0.4, 0.5) is 11.4 Å². The zero-order valence-corrected chi connectivity index (χ0v) is 28.4. The summed E-state index contributed by atoms with van der Waals surface area (Å²) in [6.07, 6.45) is 5.34. The van der Waals surface area contributed by atoms with E-state index < -0.39 is 5.79 Å². The van der Waals surface area contributed by atoms with Crippen molar-refractivity contribution in [3.05, 3.63) is 111 Å². The molecule has 0 saturated carbocycles. The molecule has 6 rings (SSSR count). The maximum Gasteiger partial charge on any atom is 0.350 e. The lowest BCUT2D eigenvalue weighted by atomic mass is 10.1. The van der Waals surface area contributed by atoms with Gasteiger partial charge in [0.15, 0.2) is 0 Å². The molecular formula is C33H36BrClN8O4. The molecule has 246 valence electrons. The highest BCUT2D eigenvalue weighted by molar-refractivity contribution is 9.10. The van der Waals surface area contributed by atoms with Gasteiger partial charge in [0.05, 0.1) is 30.7 Å². The summed E-state index contributed by atoms with van der Waals surface area (Å²) in [6.45, 7) is 6.36. The topological polar surface area (TPSA) is 122 Å². The van der Waals surface area contributed by atoms with E-state index in [-0.39, 0.29) is 24.4 Å². The molecule has 47 heavy (non-hydrogen) atoms. The third-order valence-corrected chi connectivity index (χ3v) is 8.83. The number of rotatable bonds is 14. The van der Waals surface area contributed by atoms with Crippen molar-refractivity contribution in [2.24, 2.45) is 0 Å². The van der Waals surface area contributed by atoms with Crippen molar-refractivity contribution in [1.82, 2.24) is 29.3 Å². The van der Waals surface area contributed by atoms with Crippen LogP contribution in [-0.2, 0) is 21.8 Å². The number of anilines is 2. The van der Waals surface area contributed by atoms with Gasteiger partial charge in [-0.1, -0.05) is 40.5 Å². The molecule has 3 atom stereocenters. The van der Waals surface area contributed by atoms with Gasteiger partial charge in [0.25, 0.3) is 0 Å². The molecule has 3 aromatic carbocycles. The number of benzene rings is 3. The van der Waals surface area contributed by atoms with Gasteiger partial charge in [0, 0.05) is 39.5 Å². The van der Waals surface area contributed by atoms with E-state index in [4.69, 9.17) is 25.8 Å². The lowest BCUT2D eigenvalue weighted by molar-refractivity contribution is -0.193. The molecule has 2 N–H and O–H groups in total. The molecule has 1 fully saturated rings. The summed E-state index contributed by atoms with van der Waals surface area (Å²) in [4.78, 5) is 14.2. The van der Waals surface area contributed by atoms with Gasteiger partial charge >= 0.3 is 5.69 Å². The van der Waals surface area contributed by atoms with Crippen LogP contribution in [0.5, 0.6) is 5.75 Å². The summed E-state index contributed by atoms with van der Waals surface area (Å²) in [5.74, 6) is -0.373. The lowest BCUT2D eigenvalue weighted by Crippen LogP contribution is -2.35. The number of hydrogen-bond acceptors (Lipinski definition) is 9. The first-order valence-electron chi connectivity index (χ1n) is 15.4. The second-order valence-electron chi connectivity index (χ2n) is 11.2. The van der Waals surface area contributed by atoms with Crippen LogP contribution < -0.4 is 21.1 Å². The highest BCUT2D eigenvalue weighted by atomic mass is 79.9. The van der Waals surface area contributed by atoms with E-state index in [0.717, 1.165) is 39.3 Å². The predicted octanol–water partition coefficient (Wildman–Crippen LogP) is 5.88. The minimum Gasteiger partial charge on any atom is -0.491 e. The molecule has 1 unspecified atom stereocenters. The quantitative estimate of drug-likeness (QED) is 0.135. The van der Waals surface area contributed by atoms with Crippen LogP contribution >= 0.6 is 27.5 Å². The molecule has 3 heterocycles. The van der Waals surface area contributed by atoms with Crippen molar-refractivity contribution in [2.45, 2.75) is 44.7 Å². The van der Waals surface area contributed by atoms with E-state index >= 15 is 0 Å². The molecule has 0 spiro atoms. The Bertz CT molecular complexity index is 1810. The van der Waals surface area contributed by atoms with E-state index in [0.29, 0.717) is 31.3 Å². The number of ether oxygens (including phenoxy) is 3. The average molecular weight is 724 g/mol. The van der Waals surface area contributed by atoms with E-state index in [1.807, 2.05) is 74.5 Å². The van der Waals surface area contributed by atoms with Crippen LogP contribution in [0.1, 0.15) is 31.9 Å². The number of hydrogen-bond donors (Lipinski definition) is 2. The summed E-state index contributed by atoms with van der Waals surface area (Å²) < 4.78 is 22.6. The van der Waals surface area contributed by atoms with Crippen molar-refractivity contribution in [3.8, 4) is 11.4 Å².